The molecule has 1 rings (SSSR count). The fraction of sp³-hybridized carbons (Fsp3) is 0.938. The van der Waals surface area contributed by atoms with Gasteiger partial charge in [-0.2, -0.15) is 11.8 Å². The van der Waals surface area contributed by atoms with Crippen LogP contribution in [0.1, 0.15) is 33.1 Å². The van der Waals surface area contributed by atoms with Gasteiger partial charge in [-0.05, 0) is 18.9 Å². The first-order valence-corrected chi connectivity index (χ1v) is 9.65. The molecule has 1 atom stereocenters. The summed E-state index contributed by atoms with van der Waals surface area (Å²) in [7, 11) is 0. The first-order valence-electron chi connectivity index (χ1n) is 8.50. The highest BCUT2D eigenvalue weighted by Gasteiger charge is 2.24. The summed E-state index contributed by atoms with van der Waals surface area (Å²) in [6, 6.07) is -0.436. The topological polar surface area (TPSA) is 69.8 Å². The summed E-state index contributed by atoms with van der Waals surface area (Å²) >= 11 is 1.54. The molecule has 1 saturated heterocycles. The maximum absolute atomic E-state index is 12.2. The summed E-state index contributed by atoms with van der Waals surface area (Å²) in [6.07, 6.45) is 3.85. The molecule has 0 aromatic carbocycles. The average molecular weight is 332 g/mol. The normalized spacial score (nSPS) is 18.0. The van der Waals surface area contributed by atoms with E-state index in [1.165, 1.54) is 31.0 Å². The molecule has 0 saturated carbocycles. The SMILES string of the molecule is CC(C)CCCCN1CCN(C(=O)C(N)CSCCO)CC1. The Bertz CT molecular complexity index is 308. The summed E-state index contributed by atoms with van der Waals surface area (Å²) in [6.45, 7) is 9.34. The number of aliphatic hydroxyl groups is 1. The zero-order chi connectivity index (χ0) is 16.4. The molecule has 1 amide bonds. The zero-order valence-corrected chi connectivity index (χ0v) is 15.0. The van der Waals surface area contributed by atoms with E-state index in [1.807, 2.05) is 4.90 Å². The Morgan fingerprint density at radius 1 is 1.23 bits per heavy atom. The van der Waals surface area contributed by atoms with Gasteiger partial charge in [0.25, 0.3) is 0 Å². The Labute approximate surface area is 139 Å². The first kappa shape index (κ1) is 19.7. The Kier molecular flexibility index (Phi) is 10.1. The number of carbonyl (C=O) groups excluding carboxylic acids is 1. The number of unbranched alkanes of at least 4 members (excludes halogenated alkanes) is 1. The van der Waals surface area contributed by atoms with Crippen molar-refractivity contribution in [2.75, 3.05) is 50.8 Å². The van der Waals surface area contributed by atoms with Gasteiger partial charge in [-0.1, -0.05) is 26.7 Å². The van der Waals surface area contributed by atoms with Gasteiger partial charge in [-0.15, -0.1) is 0 Å². The van der Waals surface area contributed by atoms with E-state index in [4.69, 9.17) is 10.8 Å². The number of amides is 1. The van der Waals surface area contributed by atoms with Gasteiger partial charge in [0.15, 0.2) is 0 Å². The molecule has 1 heterocycles. The molecule has 3 N–H and O–H groups in total. The van der Waals surface area contributed by atoms with Crippen LogP contribution in [0.5, 0.6) is 0 Å². The molecule has 22 heavy (non-hydrogen) atoms. The van der Waals surface area contributed by atoms with Crippen molar-refractivity contribution >= 4 is 17.7 Å². The van der Waals surface area contributed by atoms with Crippen LogP contribution in [0.15, 0.2) is 0 Å². The Morgan fingerprint density at radius 3 is 2.50 bits per heavy atom. The minimum absolute atomic E-state index is 0.0601. The number of thioether (sulfide) groups is 1. The molecular weight excluding hydrogens is 298 g/mol. The number of carbonyl (C=O) groups is 1. The largest absolute Gasteiger partial charge is 0.396 e. The van der Waals surface area contributed by atoms with E-state index in [1.54, 1.807) is 0 Å². The third-order valence-corrected chi connectivity index (χ3v) is 5.11. The summed E-state index contributed by atoms with van der Waals surface area (Å²) < 4.78 is 0. The molecular formula is C16H33N3O2S. The first-order chi connectivity index (χ1) is 10.5. The van der Waals surface area contributed by atoms with E-state index in [9.17, 15) is 4.79 Å². The lowest BCUT2D eigenvalue weighted by atomic mass is 10.1. The number of hydrogen-bond acceptors (Lipinski definition) is 5. The lowest BCUT2D eigenvalue weighted by Crippen LogP contribution is -2.53. The number of piperazine rings is 1. The second kappa shape index (κ2) is 11.3. The van der Waals surface area contributed by atoms with Crippen molar-refractivity contribution in [3.63, 3.8) is 0 Å². The van der Waals surface area contributed by atoms with Crippen LogP contribution < -0.4 is 5.73 Å². The molecule has 0 radical (unpaired) electrons. The van der Waals surface area contributed by atoms with Crippen molar-refractivity contribution in [1.29, 1.82) is 0 Å². The van der Waals surface area contributed by atoms with Gasteiger partial charge in [-0.25, -0.2) is 0 Å². The predicted octanol–water partition coefficient (Wildman–Crippen LogP) is 1.01. The van der Waals surface area contributed by atoms with Crippen LogP contribution >= 0.6 is 11.8 Å². The van der Waals surface area contributed by atoms with Crippen molar-refractivity contribution in [3.05, 3.63) is 0 Å². The highest BCUT2D eigenvalue weighted by molar-refractivity contribution is 7.99. The summed E-state index contributed by atoms with van der Waals surface area (Å²) in [4.78, 5) is 16.6. The van der Waals surface area contributed by atoms with Crippen molar-refractivity contribution in [3.8, 4) is 0 Å². The quantitative estimate of drug-likeness (QED) is 0.585. The zero-order valence-electron chi connectivity index (χ0n) is 14.2. The van der Waals surface area contributed by atoms with Crippen molar-refractivity contribution in [2.45, 2.75) is 39.2 Å². The highest BCUT2D eigenvalue weighted by atomic mass is 32.2. The summed E-state index contributed by atoms with van der Waals surface area (Å²) in [5, 5.41) is 8.75. The molecule has 6 heteroatoms. The number of rotatable bonds is 10. The monoisotopic (exact) mass is 331 g/mol. The van der Waals surface area contributed by atoms with Crippen LogP contribution in [0.2, 0.25) is 0 Å². The van der Waals surface area contributed by atoms with Crippen LogP contribution in [-0.2, 0) is 4.79 Å². The van der Waals surface area contributed by atoms with Gasteiger partial charge in [0, 0.05) is 37.7 Å². The lowest BCUT2D eigenvalue weighted by molar-refractivity contribution is -0.133. The Hall–Kier alpha value is -0.300. The molecule has 0 spiro atoms. The van der Waals surface area contributed by atoms with E-state index < -0.39 is 6.04 Å². The molecule has 1 aliphatic heterocycles. The molecule has 1 aliphatic rings. The van der Waals surface area contributed by atoms with E-state index in [0.717, 1.165) is 38.6 Å². The second-order valence-corrected chi connectivity index (χ2v) is 7.61. The molecule has 1 fully saturated rings. The maximum Gasteiger partial charge on any atom is 0.240 e. The average Bonchev–Trinajstić information content (AvgIpc) is 2.51. The standard InChI is InChI=1S/C16H33N3O2S/c1-14(2)5-3-4-6-18-7-9-19(10-8-18)16(21)15(17)13-22-12-11-20/h14-15,20H,3-13,17H2,1-2H3. The highest BCUT2D eigenvalue weighted by Crippen LogP contribution is 2.10. The van der Waals surface area contributed by atoms with Crippen LogP contribution in [0.4, 0.5) is 0 Å². The molecule has 1 unspecified atom stereocenters. The van der Waals surface area contributed by atoms with Crippen LogP contribution in [-0.4, -0.2) is 77.7 Å². The van der Waals surface area contributed by atoms with Crippen LogP contribution in [0, 0.1) is 5.92 Å². The fourth-order valence-electron chi connectivity index (χ4n) is 2.66. The molecule has 0 aromatic rings. The molecule has 130 valence electrons. The predicted molar refractivity (Wildman–Crippen MR) is 94.1 cm³/mol. The van der Waals surface area contributed by atoms with E-state index in [2.05, 4.69) is 18.7 Å². The summed E-state index contributed by atoms with van der Waals surface area (Å²) in [5.74, 6) is 2.09. The lowest BCUT2D eigenvalue weighted by Gasteiger charge is -2.36. The van der Waals surface area contributed by atoms with Gasteiger partial charge in [-0.3, -0.25) is 9.69 Å². The van der Waals surface area contributed by atoms with Gasteiger partial charge in [0.2, 0.25) is 5.91 Å². The van der Waals surface area contributed by atoms with Gasteiger partial charge in [0.05, 0.1) is 12.6 Å². The van der Waals surface area contributed by atoms with Crippen LogP contribution in [0.3, 0.4) is 0 Å². The number of nitrogens with two attached hydrogens (primary N) is 1. The third kappa shape index (κ3) is 7.81. The number of hydrogen-bond donors (Lipinski definition) is 2. The minimum Gasteiger partial charge on any atom is -0.396 e. The fourth-order valence-corrected chi connectivity index (χ4v) is 3.35. The van der Waals surface area contributed by atoms with E-state index in [-0.39, 0.29) is 12.5 Å². The van der Waals surface area contributed by atoms with Gasteiger partial charge < -0.3 is 15.7 Å². The third-order valence-electron chi connectivity index (χ3n) is 4.04. The van der Waals surface area contributed by atoms with Gasteiger partial charge >= 0.3 is 0 Å². The smallest absolute Gasteiger partial charge is 0.240 e. The van der Waals surface area contributed by atoms with E-state index in [0.29, 0.717) is 11.5 Å². The summed E-state index contributed by atoms with van der Waals surface area (Å²) in [5.41, 5.74) is 5.94. The van der Waals surface area contributed by atoms with E-state index >= 15 is 0 Å². The molecule has 0 bridgehead atoms. The number of aliphatic hydroxyl groups excluding tert-OH is 1. The van der Waals surface area contributed by atoms with Gasteiger partial charge in [0.1, 0.15) is 0 Å². The number of nitrogens with zero attached hydrogens (tertiary/aromatic N) is 2. The van der Waals surface area contributed by atoms with Crippen molar-refractivity contribution in [1.82, 2.24) is 9.80 Å². The Morgan fingerprint density at radius 2 is 1.91 bits per heavy atom. The Balaban J connectivity index is 2.16. The van der Waals surface area contributed by atoms with Crippen molar-refractivity contribution in [2.24, 2.45) is 11.7 Å². The second-order valence-electron chi connectivity index (χ2n) is 6.46. The molecule has 0 aromatic heterocycles. The minimum atomic E-state index is -0.436. The molecule has 0 aliphatic carbocycles. The van der Waals surface area contributed by atoms with Crippen molar-refractivity contribution < 1.29 is 9.90 Å². The molecule has 5 nitrogen and oxygen atoms in total. The maximum atomic E-state index is 12.2. The van der Waals surface area contributed by atoms with Crippen LogP contribution in [0.25, 0.3) is 0 Å².